The molecule has 0 aliphatic carbocycles. The predicted octanol–water partition coefficient (Wildman–Crippen LogP) is 1.92. The van der Waals surface area contributed by atoms with Crippen LogP contribution in [0.25, 0.3) is 0 Å². The Bertz CT molecular complexity index is 808. The van der Waals surface area contributed by atoms with E-state index in [1.807, 2.05) is 6.07 Å². The molecule has 0 spiro atoms. The van der Waals surface area contributed by atoms with E-state index in [0.717, 1.165) is 4.90 Å². The van der Waals surface area contributed by atoms with E-state index in [2.05, 4.69) is 10.3 Å². The molecule has 21 heavy (non-hydrogen) atoms. The molecular weight excluding hydrogens is 268 g/mol. The van der Waals surface area contributed by atoms with E-state index >= 15 is 0 Å². The molecule has 1 N–H and O–H groups in total. The molecular formula is C15H10N4O2. The van der Waals surface area contributed by atoms with Gasteiger partial charge >= 0.3 is 0 Å². The summed E-state index contributed by atoms with van der Waals surface area (Å²) < 4.78 is 0. The average molecular weight is 278 g/mol. The zero-order valence-electron chi connectivity index (χ0n) is 11.1. The summed E-state index contributed by atoms with van der Waals surface area (Å²) >= 11 is 0. The lowest BCUT2D eigenvalue weighted by molar-refractivity contribution is 0.0693. The van der Waals surface area contributed by atoms with Crippen molar-refractivity contribution in [2.24, 2.45) is 0 Å². The molecule has 0 saturated heterocycles. The number of aromatic nitrogens is 1. The molecule has 6 heteroatoms. The second-order valence-corrected chi connectivity index (χ2v) is 4.60. The minimum Gasteiger partial charge on any atom is -0.355 e. The maximum absolute atomic E-state index is 11.9. The van der Waals surface area contributed by atoms with Crippen molar-refractivity contribution in [3.63, 3.8) is 0 Å². The SMILES string of the molecule is CN1C(=O)c2ccc(Nc3ccnc(C#N)c3)cc2C1=O. The van der Waals surface area contributed by atoms with Crippen LogP contribution in [-0.4, -0.2) is 28.7 Å². The number of carbonyl (C=O) groups excluding carboxylic acids is 2. The zero-order chi connectivity index (χ0) is 15.0. The molecule has 0 saturated carbocycles. The Balaban J connectivity index is 1.94. The summed E-state index contributed by atoms with van der Waals surface area (Å²) in [6.07, 6.45) is 1.52. The van der Waals surface area contributed by atoms with Crippen LogP contribution in [0.5, 0.6) is 0 Å². The van der Waals surface area contributed by atoms with E-state index in [4.69, 9.17) is 5.26 Å². The highest BCUT2D eigenvalue weighted by atomic mass is 16.2. The van der Waals surface area contributed by atoms with Crippen molar-refractivity contribution in [1.82, 2.24) is 9.88 Å². The van der Waals surface area contributed by atoms with Crippen LogP contribution in [0.1, 0.15) is 26.4 Å². The van der Waals surface area contributed by atoms with Crippen molar-refractivity contribution in [1.29, 1.82) is 5.26 Å². The summed E-state index contributed by atoms with van der Waals surface area (Å²) in [5, 5.41) is 11.9. The molecule has 0 bridgehead atoms. The smallest absolute Gasteiger partial charge is 0.261 e. The first-order valence-electron chi connectivity index (χ1n) is 6.20. The number of fused-ring (bicyclic) bond motifs is 1. The molecule has 102 valence electrons. The Morgan fingerprint density at radius 1 is 1.10 bits per heavy atom. The number of anilines is 2. The highest BCUT2D eigenvalue weighted by Gasteiger charge is 2.32. The van der Waals surface area contributed by atoms with Crippen molar-refractivity contribution in [2.45, 2.75) is 0 Å². The topological polar surface area (TPSA) is 86.1 Å². The number of carbonyl (C=O) groups is 2. The van der Waals surface area contributed by atoms with Gasteiger partial charge in [-0.05, 0) is 30.3 Å². The summed E-state index contributed by atoms with van der Waals surface area (Å²) in [6.45, 7) is 0. The van der Waals surface area contributed by atoms with Crippen molar-refractivity contribution in [2.75, 3.05) is 12.4 Å². The lowest BCUT2D eigenvalue weighted by Crippen LogP contribution is -2.24. The molecule has 1 aliphatic heterocycles. The fraction of sp³-hybridized carbons (Fsp3) is 0.0667. The number of rotatable bonds is 2. The third-order valence-electron chi connectivity index (χ3n) is 3.25. The van der Waals surface area contributed by atoms with Crippen LogP contribution in [0.3, 0.4) is 0 Å². The summed E-state index contributed by atoms with van der Waals surface area (Å²) in [6, 6.07) is 10.2. The quantitative estimate of drug-likeness (QED) is 0.848. The Hall–Kier alpha value is -3.20. The van der Waals surface area contributed by atoms with Gasteiger partial charge in [0.1, 0.15) is 11.8 Å². The molecule has 1 aromatic heterocycles. The summed E-state index contributed by atoms with van der Waals surface area (Å²) in [5.41, 5.74) is 2.43. The Labute approximate surface area is 120 Å². The minimum atomic E-state index is -0.314. The maximum Gasteiger partial charge on any atom is 0.261 e. The molecule has 1 aromatic carbocycles. The predicted molar refractivity (Wildman–Crippen MR) is 75.1 cm³/mol. The molecule has 1 aliphatic rings. The van der Waals surface area contributed by atoms with Gasteiger partial charge in [0.05, 0.1) is 11.1 Å². The summed E-state index contributed by atoms with van der Waals surface area (Å²) in [7, 11) is 1.46. The Morgan fingerprint density at radius 2 is 1.81 bits per heavy atom. The van der Waals surface area contributed by atoms with Gasteiger partial charge in [-0.2, -0.15) is 5.26 Å². The number of benzene rings is 1. The second-order valence-electron chi connectivity index (χ2n) is 4.60. The molecule has 0 atom stereocenters. The van der Waals surface area contributed by atoms with Crippen LogP contribution in [0, 0.1) is 11.3 Å². The summed E-state index contributed by atoms with van der Waals surface area (Å²) in [4.78, 5) is 28.7. The van der Waals surface area contributed by atoms with Gasteiger partial charge in [0.2, 0.25) is 0 Å². The van der Waals surface area contributed by atoms with Gasteiger partial charge in [-0.25, -0.2) is 4.98 Å². The van der Waals surface area contributed by atoms with Gasteiger partial charge in [-0.1, -0.05) is 0 Å². The van der Waals surface area contributed by atoms with Crippen molar-refractivity contribution >= 4 is 23.2 Å². The third-order valence-corrected chi connectivity index (χ3v) is 3.25. The van der Waals surface area contributed by atoms with Crippen LogP contribution in [0.15, 0.2) is 36.5 Å². The van der Waals surface area contributed by atoms with Crippen LogP contribution < -0.4 is 5.32 Å². The van der Waals surface area contributed by atoms with Crippen molar-refractivity contribution in [3.05, 3.63) is 53.3 Å². The molecule has 3 rings (SSSR count). The molecule has 2 amide bonds. The minimum absolute atomic E-state index is 0.294. The second kappa shape index (κ2) is 4.72. The van der Waals surface area contributed by atoms with E-state index in [0.29, 0.717) is 28.2 Å². The fourth-order valence-corrected chi connectivity index (χ4v) is 2.18. The maximum atomic E-state index is 11.9. The first kappa shape index (κ1) is 12.8. The average Bonchev–Trinajstić information content (AvgIpc) is 2.72. The fourth-order valence-electron chi connectivity index (χ4n) is 2.18. The first-order valence-corrected chi connectivity index (χ1v) is 6.20. The van der Waals surface area contributed by atoms with Gasteiger partial charge in [-0.3, -0.25) is 14.5 Å². The normalized spacial score (nSPS) is 13.0. The van der Waals surface area contributed by atoms with E-state index in [1.165, 1.54) is 13.2 Å². The van der Waals surface area contributed by atoms with Gasteiger partial charge in [0.15, 0.2) is 0 Å². The number of nitrogens with one attached hydrogen (secondary N) is 1. The highest BCUT2D eigenvalue weighted by Crippen LogP contribution is 2.26. The number of hydrogen-bond acceptors (Lipinski definition) is 5. The highest BCUT2D eigenvalue weighted by molar-refractivity contribution is 6.21. The number of nitriles is 1. The summed E-state index contributed by atoms with van der Waals surface area (Å²) in [5.74, 6) is -0.608. The van der Waals surface area contributed by atoms with Crippen LogP contribution in [0.2, 0.25) is 0 Å². The first-order chi connectivity index (χ1) is 10.1. The van der Waals surface area contributed by atoms with E-state index in [-0.39, 0.29) is 11.8 Å². The van der Waals surface area contributed by atoms with E-state index < -0.39 is 0 Å². The van der Waals surface area contributed by atoms with Gasteiger partial charge in [0, 0.05) is 24.6 Å². The lowest BCUT2D eigenvalue weighted by Gasteiger charge is -2.07. The third kappa shape index (κ3) is 2.11. The number of hydrogen-bond donors (Lipinski definition) is 1. The number of amides is 2. The molecule has 2 aromatic rings. The molecule has 0 radical (unpaired) electrons. The molecule has 0 fully saturated rings. The van der Waals surface area contributed by atoms with Crippen molar-refractivity contribution in [3.8, 4) is 6.07 Å². The Morgan fingerprint density at radius 3 is 2.57 bits per heavy atom. The van der Waals surface area contributed by atoms with Gasteiger partial charge in [0.25, 0.3) is 11.8 Å². The number of pyridine rings is 1. The van der Waals surface area contributed by atoms with E-state index in [1.54, 1.807) is 30.3 Å². The molecule has 6 nitrogen and oxygen atoms in total. The van der Waals surface area contributed by atoms with Gasteiger partial charge in [-0.15, -0.1) is 0 Å². The largest absolute Gasteiger partial charge is 0.355 e. The van der Waals surface area contributed by atoms with Crippen molar-refractivity contribution < 1.29 is 9.59 Å². The number of nitrogens with zero attached hydrogens (tertiary/aromatic N) is 3. The standard InChI is InChI=1S/C15H10N4O2/c1-19-14(20)12-3-2-9(7-13(12)15(19)21)18-10-4-5-17-11(6-10)8-16/h2-7H,1H3,(H,17,18). The molecule has 2 heterocycles. The lowest BCUT2D eigenvalue weighted by atomic mass is 10.1. The molecule has 0 unspecified atom stereocenters. The van der Waals surface area contributed by atoms with E-state index in [9.17, 15) is 9.59 Å². The van der Waals surface area contributed by atoms with Crippen LogP contribution in [0.4, 0.5) is 11.4 Å². The number of imide groups is 1. The van der Waals surface area contributed by atoms with Crippen LogP contribution >= 0.6 is 0 Å². The monoisotopic (exact) mass is 278 g/mol. The van der Waals surface area contributed by atoms with Crippen LogP contribution in [-0.2, 0) is 0 Å². The zero-order valence-corrected chi connectivity index (χ0v) is 11.1. The van der Waals surface area contributed by atoms with Gasteiger partial charge < -0.3 is 5.32 Å². The Kier molecular flexibility index (Phi) is 2.88.